The average molecular weight is 398 g/mol. The van der Waals surface area contributed by atoms with Crippen molar-refractivity contribution >= 4 is 15.9 Å². The summed E-state index contributed by atoms with van der Waals surface area (Å²) in [6.07, 6.45) is 1.82. The number of hydrogen-bond donors (Lipinski definition) is 2. The third-order valence-electron chi connectivity index (χ3n) is 4.84. The van der Waals surface area contributed by atoms with Crippen LogP contribution in [0.3, 0.4) is 0 Å². The first-order valence-corrected chi connectivity index (χ1v) is 8.38. The summed E-state index contributed by atoms with van der Waals surface area (Å²) in [6, 6.07) is 10.4. The van der Waals surface area contributed by atoms with Gasteiger partial charge >= 0.3 is 0 Å². The zero-order valence-electron chi connectivity index (χ0n) is 13.1. The normalized spacial score (nSPS) is 24.4. The zero-order chi connectivity index (χ0) is 18.2. The Morgan fingerprint density at radius 1 is 1.28 bits per heavy atom. The van der Waals surface area contributed by atoms with Gasteiger partial charge in [0.25, 0.3) is 0 Å². The molecular weight excluding hydrogens is 385 g/mol. The van der Waals surface area contributed by atoms with E-state index in [4.69, 9.17) is 5.73 Å². The molecule has 25 heavy (non-hydrogen) atoms. The molecule has 0 saturated heterocycles. The Morgan fingerprint density at radius 2 is 2.00 bits per heavy atom. The first kappa shape index (κ1) is 17.2. The fourth-order valence-electron chi connectivity index (χ4n) is 3.70. The highest BCUT2D eigenvalue weighted by atomic mass is 79.9. The highest BCUT2D eigenvalue weighted by Crippen LogP contribution is 2.54. The molecule has 1 heterocycles. The van der Waals surface area contributed by atoms with Crippen LogP contribution in [0.4, 0.5) is 4.39 Å². The van der Waals surface area contributed by atoms with E-state index in [0.717, 1.165) is 0 Å². The van der Waals surface area contributed by atoms with Crippen LogP contribution in [0.5, 0.6) is 0 Å². The molecule has 7 heteroatoms. The summed E-state index contributed by atoms with van der Waals surface area (Å²) in [5.74, 6) is -1.74. The first-order chi connectivity index (χ1) is 12.0. The molecule has 3 N–H and O–H groups in total. The molecule has 2 atom stereocenters. The molecule has 0 spiro atoms. The second-order valence-electron chi connectivity index (χ2n) is 6.00. The molecule has 1 aromatic carbocycles. The molecular formula is C18H13BrFN5. The summed E-state index contributed by atoms with van der Waals surface area (Å²) in [5, 5.41) is 32.4. The van der Waals surface area contributed by atoms with Gasteiger partial charge in [0.2, 0.25) is 0 Å². The van der Waals surface area contributed by atoms with Crippen LogP contribution in [0.1, 0.15) is 11.5 Å². The van der Waals surface area contributed by atoms with E-state index >= 15 is 0 Å². The predicted octanol–water partition coefficient (Wildman–Crippen LogP) is 2.60. The summed E-state index contributed by atoms with van der Waals surface area (Å²) in [7, 11) is 0. The summed E-state index contributed by atoms with van der Waals surface area (Å²) >= 11 is 3.31. The quantitative estimate of drug-likeness (QED) is 0.756. The van der Waals surface area contributed by atoms with E-state index in [2.05, 4.69) is 21.2 Å². The predicted molar refractivity (Wildman–Crippen MR) is 91.8 cm³/mol. The largest absolute Gasteiger partial charge is 0.399 e. The molecule has 0 amide bonds. The zero-order valence-corrected chi connectivity index (χ0v) is 14.6. The van der Waals surface area contributed by atoms with E-state index in [-0.39, 0.29) is 16.8 Å². The molecule has 0 aromatic heterocycles. The van der Waals surface area contributed by atoms with Crippen molar-refractivity contribution in [1.29, 1.82) is 15.8 Å². The minimum Gasteiger partial charge on any atom is -0.399 e. The van der Waals surface area contributed by atoms with Gasteiger partial charge in [-0.15, -0.1) is 0 Å². The van der Waals surface area contributed by atoms with Crippen LogP contribution in [0, 0.1) is 51.1 Å². The lowest BCUT2D eigenvalue weighted by atomic mass is 9.58. The van der Waals surface area contributed by atoms with Crippen molar-refractivity contribution in [2.24, 2.45) is 17.1 Å². The lowest BCUT2D eigenvalue weighted by Gasteiger charge is -2.43. The van der Waals surface area contributed by atoms with Gasteiger partial charge in [-0.2, -0.15) is 15.8 Å². The van der Waals surface area contributed by atoms with Gasteiger partial charge < -0.3 is 11.1 Å². The van der Waals surface area contributed by atoms with Crippen molar-refractivity contribution in [3.05, 3.63) is 57.0 Å². The Kier molecular flexibility index (Phi) is 4.35. The van der Waals surface area contributed by atoms with E-state index in [1.165, 1.54) is 6.07 Å². The lowest BCUT2D eigenvalue weighted by Crippen LogP contribution is -2.47. The van der Waals surface area contributed by atoms with Crippen LogP contribution >= 0.6 is 15.9 Å². The van der Waals surface area contributed by atoms with Crippen LogP contribution in [0.25, 0.3) is 0 Å². The maximum absolute atomic E-state index is 14.6. The lowest BCUT2D eigenvalue weighted by molar-refractivity contribution is 0.320. The molecule has 1 aliphatic heterocycles. The number of rotatable bonds is 1. The molecule has 1 aromatic rings. The average Bonchev–Trinajstić information content (AvgIpc) is 2.63. The first-order valence-electron chi connectivity index (χ1n) is 7.59. The highest BCUT2D eigenvalue weighted by Gasteiger charge is 2.54. The minimum atomic E-state index is -1.81. The molecule has 2 unspecified atom stereocenters. The Hall–Kier alpha value is -2.66. The fraction of sp³-hybridized carbons (Fsp3) is 0.278. The molecule has 0 saturated carbocycles. The molecule has 0 fully saturated rings. The molecule has 5 nitrogen and oxygen atoms in total. The van der Waals surface area contributed by atoms with E-state index in [1.54, 1.807) is 12.1 Å². The van der Waals surface area contributed by atoms with E-state index < -0.39 is 23.1 Å². The number of hydrogen-bond acceptors (Lipinski definition) is 5. The maximum Gasteiger partial charge on any atom is 0.191 e. The van der Waals surface area contributed by atoms with Crippen molar-refractivity contribution in [3.8, 4) is 18.2 Å². The van der Waals surface area contributed by atoms with Gasteiger partial charge in [-0.1, -0.05) is 22.0 Å². The SMILES string of the molecule is N#CC1=C(N)C(C#N)(C#N)C(c2cc(Br)ccc2F)C2CNCC=C12. The number of allylic oxidation sites excluding steroid dienone is 2. The Balaban J connectivity index is 2.38. The van der Waals surface area contributed by atoms with Crippen molar-refractivity contribution in [3.63, 3.8) is 0 Å². The van der Waals surface area contributed by atoms with Gasteiger partial charge in [0.05, 0.1) is 23.4 Å². The van der Waals surface area contributed by atoms with Gasteiger partial charge in [-0.25, -0.2) is 4.39 Å². The Labute approximate surface area is 153 Å². The van der Waals surface area contributed by atoms with Crippen molar-refractivity contribution in [1.82, 2.24) is 5.32 Å². The van der Waals surface area contributed by atoms with Crippen LogP contribution in [0.2, 0.25) is 0 Å². The van der Waals surface area contributed by atoms with Gasteiger partial charge in [-0.05, 0) is 29.3 Å². The van der Waals surface area contributed by atoms with Gasteiger partial charge in [0.15, 0.2) is 5.41 Å². The summed E-state index contributed by atoms with van der Waals surface area (Å²) in [6.45, 7) is 0.968. The number of benzene rings is 1. The van der Waals surface area contributed by atoms with E-state index in [9.17, 15) is 20.2 Å². The third kappa shape index (κ3) is 2.43. The highest BCUT2D eigenvalue weighted by molar-refractivity contribution is 9.10. The molecule has 3 rings (SSSR count). The van der Waals surface area contributed by atoms with Crippen LogP contribution in [-0.4, -0.2) is 13.1 Å². The number of nitrogens with one attached hydrogen (secondary N) is 1. The molecule has 1 aliphatic carbocycles. The molecule has 0 bridgehead atoms. The smallest absolute Gasteiger partial charge is 0.191 e. The van der Waals surface area contributed by atoms with Crippen LogP contribution in [-0.2, 0) is 0 Å². The Bertz CT molecular complexity index is 914. The fourth-order valence-corrected chi connectivity index (χ4v) is 4.08. The molecule has 0 radical (unpaired) electrons. The second kappa shape index (κ2) is 6.33. The molecule has 124 valence electrons. The van der Waals surface area contributed by atoms with E-state index in [1.807, 2.05) is 24.3 Å². The van der Waals surface area contributed by atoms with Gasteiger partial charge in [-0.3, -0.25) is 0 Å². The van der Waals surface area contributed by atoms with E-state index in [0.29, 0.717) is 23.1 Å². The summed E-state index contributed by atoms with van der Waals surface area (Å²) in [5.41, 5.74) is 5.27. The van der Waals surface area contributed by atoms with Crippen molar-refractivity contribution in [2.75, 3.05) is 13.1 Å². The number of nitrogens with zero attached hydrogens (tertiary/aromatic N) is 3. The van der Waals surface area contributed by atoms with Gasteiger partial charge in [0, 0.05) is 29.4 Å². The van der Waals surface area contributed by atoms with Crippen molar-refractivity contribution < 1.29 is 4.39 Å². The van der Waals surface area contributed by atoms with Crippen molar-refractivity contribution in [2.45, 2.75) is 5.92 Å². The van der Waals surface area contributed by atoms with Crippen LogP contribution in [0.15, 0.2) is 45.6 Å². The second-order valence-corrected chi connectivity index (χ2v) is 6.92. The minimum absolute atomic E-state index is 0.103. The van der Waals surface area contributed by atoms with Gasteiger partial charge in [0.1, 0.15) is 11.9 Å². The van der Waals surface area contributed by atoms with Crippen LogP contribution < -0.4 is 11.1 Å². The summed E-state index contributed by atoms with van der Waals surface area (Å²) < 4.78 is 15.3. The monoisotopic (exact) mass is 397 g/mol. The topological polar surface area (TPSA) is 109 Å². The standard InChI is InChI=1S/C18H13BrFN5/c19-10-1-2-15(20)12(5-10)16-14-7-25-4-3-11(14)13(6-21)17(24)18(16,8-22)9-23/h1-3,5,14,16,25H,4,7,24H2. The molecule has 2 aliphatic rings. The maximum atomic E-state index is 14.6. The number of nitriles is 3. The third-order valence-corrected chi connectivity index (χ3v) is 5.33. The number of halogens is 2. The summed E-state index contributed by atoms with van der Waals surface area (Å²) in [4.78, 5) is 0. The number of fused-ring (bicyclic) bond motifs is 1. The number of nitrogens with two attached hydrogens (primary N) is 1. The Morgan fingerprint density at radius 3 is 2.64 bits per heavy atom.